The van der Waals surface area contributed by atoms with Gasteiger partial charge in [0.1, 0.15) is 6.54 Å². The van der Waals surface area contributed by atoms with Gasteiger partial charge in [-0.05, 0) is 19.4 Å². The molecule has 5 nitrogen and oxygen atoms in total. The van der Waals surface area contributed by atoms with Crippen molar-refractivity contribution in [3.63, 3.8) is 0 Å². The van der Waals surface area contributed by atoms with Gasteiger partial charge >= 0.3 is 5.97 Å². The minimum Gasteiger partial charge on any atom is -0.481 e. The van der Waals surface area contributed by atoms with Crippen molar-refractivity contribution in [2.45, 2.75) is 25.9 Å². The van der Waals surface area contributed by atoms with Gasteiger partial charge < -0.3 is 14.7 Å². The average molecular weight is 244 g/mol. The van der Waals surface area contributed by atoms with Crippen LogP contribution in [0.5, 0.6) is 0 Å². The fourth-order valence-electron chi connectivity index (χ4n) is 1.74. The largest absolute Gasteiger partial charge is 0.481 e. The molecule has 2 N–H and O–H groups in total. The fourth-order valence-corrected chi connectivity index (χ4v) is 1.74. The van der Waals surface area contributed by atoms with Crippen molar-refractivity contribution in [3.05, 3.63) is 11.6 Å². The van der Waals surface area contributed by atoms with Crippen LogP contribution in [0.4, 0.5) is 0 Å². The second-order valence-corrected chi connectivity index (χ2v) is 5.35. The van der Waals surface area contributed by atoms with E-state index in [-0.39, 0.29) is 6.54 Å². The number of carbonyl (C=O) groups is 2. The molecule has 0 bridgehead atoms. The third-order valence-corrected chi connectivity index (χ3v) is 2.39. The van der Waals surface area contributed by atoms with Crippen molar-refractivity contribution in [1.82, 2.24) is 0 Å². The molecule has 0 amide bonds. The van der Waals surface area contributed by atoms with Crippen LogP contribution in [-0.4, -0.2) is 59.7 Å². The zero-order chi connectivity index (χ0) is 13.9. The smallest absolute Gasteiger partial charge is 0.307 e. The topological polar surface area (TPSA) is 74.6 Å². The molecule has 0 radical (unpaired) electrons. The molecule has 0 aliphatic carbocycles. The number of nitrogens with zero attached hydrogens (tertiary/aromatic N) is 1. The van der Waals surface area contributed by atoms with Crippen LogP contribution < -0.4 is 0 Å². The quantitative estimate of drug-likeness (QED) is 0.525. The predicted molar refractivity (Wildman–Crippen MR) is 64.5 cm³/mol. The number of aliphatic carboxylic acids is 1. The minimum atomic E-state index is -1.85. The maximum atomic E-state index is 12.0. The Labute approximate surface area is 102 Å². The van der Waals surface area contributed by atoms with E-state index in [0.717, 1.165) is 0 Å². The van der Waals surface area contributed by atoms with E-state index in [1.165, 1.54) is 0 Å². The number of quaternary nitrogens is 1. The van der Waals surface area contributed by atoms with Crippen molar-refractivity contribution >= 4 is 11.8 Å². The van der Waals surface area contributed by atoms with E-state index in [0.29, 0.717) is 10.1 Å². The molecule has 0 rings (SSSR count). The monoisotopic (exact) mass is 244 g/mol. The van der Waals surface area contributed by atoms with Crippen molar-refractivity contribution in [1.29, 1.82) is 0 Å². The van der Waals surface area contributed by atoms with E-state index in [4.69, 9.17) is 5.11 Å². The first kappa shape index (κ1) is 15.8. The van der Waals surface area contributed by atoms with E-state index < -0.39 is 23.8 Å². The SMILES string of the molecule is C/C=C(\C)C(=O)C(O)(CC(=O)O)C[N+](C)(C)C. The van der Waals surface area contributed by atoms with E-state index in [1.54, 1.807) is 41.1 Å². The maximum Gasteiger partial charge on any atom is 0.307 e. The lowest BCUT2D eigenvalue weighted by atomic mass is 9.89. The lowest BCUT2D eigenvalue weighted by molar-refractivity contribution is -0.875. The van der Waals surface area contributed by atoms with Gasteiger partial charge in [-0.15, -0.1) is 0 Å². The summed E-state index contributed by atoms with van der Waals surface area (Å²) < 4.78 is 0.312. The number of hydrogen-bond acceptors (Lipinski definition) is 3. The second-order valence-electron chi connectivity index (χ2n) is 5.35. The average Bonchev–Trinajstić information content (AvgIpc) is 2.10. The van der Waals surface area contributed by atoms with Gasteiger partial charge in [0.15, 0.2) is 11.4 Å². The highest BCUT2D eigenvalue weighted by Gasteiger charge is 2.43. The summed E-state index contributed by atoms with van der Waals surface area (Å²) in [5.41, 5.74) is -1.47. The molecule has 0 aliphatic heterocycles. The molecule has 0 spiro atoms. The molecule has 0 aromatic rings. The highest BCUT2D eigenvalue weighted by molar-refractivity contribution is 6.03. The molecule has 98 valence electrons. The van der Waals surface area contributed by atoms with E-state index in [1.807, 2.05) is 0 Å². The van der Waals surface area contributed by atoms with Crippen molar-refractivity contribution in [2.75, 3.05) is 27.7 Å². The third kappa shape index (κ3) is 5.10. The Hall–Kier alpha value is -1.20. The predicted octanol–water partition coefficient (Wildman–Crippen LogP) is 0.434. The molecular weight excluding hydrogens is 222 g/mol. The lowest BCUT2D eigenvalue weighted by Crippen LogP contribution is -2.55. The Morgan fingerprint density at radius 1 is 1.29 bits per heavy atom. The summed E-state index contributed by atoms with van der Waals surface area (Å²) in [6.45, 7) is 3.31. The number of aliphatic hydroxyl groups is 1. The first-order chi connectivity index (χ1) is 7.52. The zero-order valence-corrected chi connectivity index (χ0v) is 11.1. The summed E-state index contributed by atoms with van der Waals surface area (Å²) in [5.74, 6) is -1.70. The number of hydrogen-bond donors (Lipinski definition) is 2. The highest BCUT2D eigenvalue weighted by atomic mass is 16.4. The molecule has 0 saturated heterocycles. The fraction of sp³-hybridized carbons (Fsp3) is 0.667. The van der Waals surface area contributed by atoms with Crippen LogP contribution in [0, 0.1) is 0 Å². The summed E-state index contributed by atoms with van der Waals surface area (Å²) in [7, 11) is 5.39. The van der Waals surface area contributed by atoms with Crippen LogP contribution in [0.3, 0.4) is 0 Å². The van der Waals surface area contributed by atoms with Crippen LogP contribution in [0.25, 0.3) is 0 Å². The second kappa shape index (κ2) is 5.42. The highest BCUT2D eigenvalue weighted by Crippen LogP contribution is 2.20. The number of ketones is 1. The Morgan fingerprint density at radius 3 is 2.06 bits per heavy atom. The number of carboxylic acid groups (broad SMARTS) is 1. The molecule has 17 heavy (non-hydrogen) atoms. The summed E-state index contributed by atoms with van der Waals surface area (Å²) >= 11 is 0. The standard InChI is InChI=1S/C12H21NO4/c1-6-9(2)11(16)12(17,7-10(14)15)8-13(3,4)5/h6,17H,7-8H2,1-5H3/p+1/b9-6+. The Bertz CT molecular complexity index is 341. The van der Waals surface area contributed by atoms with Crippen molar-refractivity contribution in [3.8, 4) is 0 Å². The van der Waals surface area contributed by atoms with Gasteiger partial charge in [-0.1, -0.05) is 6.08 Å². The van der Waals surface area contributed by atoms with Crippen LogP contribution in [0.1, 0.15) is 20.3 Å². The molecule has 1 atom stereocenters. The Balaban J connectivity index is 5.24. The van der Waals surface area contributed by atoms with E-state index in [9.17, 15) is 14.7 Å². The van der Waals surface area contributed by atoms with Crippen LogP contribution in [0.2, 0.25) is 0 Å². The molecule has 0 aromatic heterocycles. The van der Waals surface area contributed by atoms with Gasteiger partial charge in [0.25, 0.3) is 0 Å². The van der Waals surface area contributed by atoms with Crippen molar-refractivity contribution < 1.29 is 24.3 Å². The lowest BCUT2D eigenvalue weighted by Gasteiger charge is -2.33. The molecule has 0 aromatic carbocycles. The van der Waals surface area contributed by atoms with Gasteiger partial charge in [0.05, 0.1) is 27.6 Å². The number of carbonyl (C=O) groups excluding carboxylic acids is 1. The molecule has 1 unspecified atom stereocenters. The number of allylic oxidation sites excluding steroid dienone is 1. The summed E-state index contributed by atoms with van der Waals surface area (Å²) in [4.78, 5) is 22.8. The molecular formula is C12H22NO4+. The number of carboxylic acids is 1. The minimum absolute atomic E-state index is 0.0588. The maximum absolute atomic E-state index is 12.0. The molecule has 0 heterocycles. The summed E-state index contributed by atoms with van der Waals surface area (Å²) in [6, 6.07) is 0. The van der Waals surface area contributed by atoms with Gasteiger partial charge in [0.2, 0.25) is 0 Å². The summed E-state index contributed by atoms with van der Waals surface area (Å²) in [5, 5.41) is 19.1. The Morgan fingerprint density at radius 2 is 1.76 bits per heavy atom. The zero-order valence-electron chi connectivity index (χ0n) is 11.1. The van der Waals surface area contributed by atoms with Crippen molar-refractivity contribution in [2.24, 2.45) is 0 Å². The van der Waals surface area contributed by atoms with E-state index >= 15 is 0 Å². The first-order valence-corrected chi connectivity index (χ1v) is 5.44. The van der Waals surface area contributed by atoms with Crippen LogP contribution in [-0.2, 0) is 9.59 Å². The van der Waals surface area contributed by atoms with Crippen LogP contribution in [0.15, 0.2) is 11.6 Å². The molecule has 0 saturated carbocycles. The number of rotatable bonds is 6. The van der Waals surface area contributed by atoms with Gasteiger partial charge in [-0.2, -0.15) is 0 Å². The molecule has 0 fully saturated rings. The molecule has 0 aliphatic rings. The molecule has 5 heteroatoms. The summed E-state index contributed by atoms with van der Waals surface area (Å²) in [6.07, 6.45) is 0.997. The van der Waals surface area contributed by atoms with Gasteiger partial charge in [-0.25, -0.2) is 0 Å². The number of Topliss-reactive ketones (excluding diaryl/α,β-unsaturated/α-hetero) is 1. The van der Waals surface area contributed by atoms with Crippen LogP contribution >= 0.6 is 0 Å². The number of likely N-dealkylation sites (N-methyl/N-ethyl adjacent to an activating group) is 1. The Kier molecular flexibility index (Phi) is 5.04. The normalized spacial score (nSPS) is 16.5. The first-order valence-electron chi connectivity index (χ1n) is 5.44. The van der Waals surface area contributed by atoms with Gasteiger partial charge in [-0.3, -0.25) is 9.59 Å². The van der Waals surface area contributed by atoms with E-state index in [2.05, 4.69) is 0 Å². The third-order valence-electron chi connectivity index (χ3n) is 2.39. The van der Waals surface area contributed by atoms with Gasteiger partial charge in [0, 0.05) is 0 Å².